The number of nitrogens with zero attached hydrogens (tertiary/aromatic N) is 1. The predicted molar refractivity (Wildman–Crippen MR) is 60.0 cm³/mol. The van der Waals surface area contributed by atoms with Crippen LogP contribution < -0.4 is 5.32 Å². The molecule has 0 saturated carbocycles. The van der Waals surface area contributed by atoms with E-state index in [0.717, 1.165) is 17.8 Å². The minimum absolute atomic E-state index is 0.386. The van der Waals surface area contributed by atoms with E-state index in [1.165, 1.54) is 0 Å². The van der Waals surface area contributed by atoms with Gasteiger partial charge in [-0.15, -0.1) is 0 Å². The van der Waals surface area contributed by atoms with E-state index in [1.807, 2.05) is 19.2 Å². The van der Waals surface area contributed by atoms with Crippen LogP contribution in [0.3, 0.4) is 0 Å². The maximum atomic E-state index is 9.42. The Labute approximate surface area is 90.3 Å². The van der Waals surface area contributed by atoms with Gasteiger partial charge < -0.3 is 15.2 Å². The van der Waals surface area contributed by atoms with Crippen molar-refractivity contribution in [1.82, 2.24) is 4.98 Å². The summed E-state index contributed by atoms with van der Waals surface area (Å²) in [5, 5.41) is 12.7. The number of hydrogen-bond acceptors (Lipinski definition) is 4. The molecule has 0 aromatic carbocycles. The lowest BCUT2D eigenvalue weighted by molar-refractivity contribution is 0.0615. The molecule has 0 amide bonds. The quantitative estimate of drug-likeness (QED) is 0.740. The van der Waals surface area contributed by atoms with E-state index in [4.69, 9.17) is 4.74 Å². The molecular weight excluding hydrogens is 192 g/mol. The van der Waals surface area contributed by atoms with Gasteiger partial charge in [0, 0.05) is 31.7 Å². The highest BCUT2D eigenvalue weighted by molar-refractivity contribution is 5.48. The van der Waals surface area contributed by atoms with Gasteiger partial charge in [-0.25, -0.2) is 0 Å². The Kier molecular flexibility index (Phi) is 5.07. The number of methoxy groups -OCH3 is 1. The molecule has 1 aromatic rings. The molecule has 15 heavy (non-hydrogen) atoms. The maximum Gasteiger partial charge on any atom is 0.0790 e. The van der Waals surface area contributed by atoms with Crippen molar-refractivity contribution in [2.24, 2.45) is 0 Å². The third-order valence-electron chi connectivity index (χ3n) is 2.17. The average molecular weight is 210 g/mol. The number of aromatic nitrogens is 1. The minimum atomic E-state index is -0.398. The molecule has 2 N–H and O–H groups in total. The van der Waals surface area contributed by atoms with Crippen LogP contribution in [0.5, 0.6) is 0 Å². The van der Waals surface area contributed by atoms with Crippen molar-refractivity contribution >= 4 is 5.69 Å². The van der Waals surface area contributed by atoms with Crippen LogP contribution in [0.15, 0.2) is 18.5 Å². The molecule has 0 aliphatic rings. The van der Waals surface area contributed by atoms with Gasteiger partial charge in [0.05, 0.1) is 12.7 Å². The number of rotatable bonds is 6. The maximum absolute atomic E-state index is 9.42. The predicted octanol–water partition coefficient (Wildman–Crippen LogP) is 1.20. The molecule has 1 rings (SSSR count). The van der Waals surface area contributed by atoms with E-state index < -0.39 is 6.10 Å². The first kappa shape index (κ1) is 11.9. The standard InChI is InChI=1S/C11H18N2O2/c1-9-7-12-5-4-11(9)13-6-3-10(14)8-15-2/h4-5,7,10,14H,3,6,8H2,1-2H3,(H,12,13). The molecule has 0 spiro atoms. The molecule has 1 heterocycles. The van der Waals surface area contributed by atoms with Crippen molar-refractivity contribution in [3.63, 3.8) is 0 Å². The van der Waals surface area contributed by atoms with Crippen molar-refractivity contribution in [3.8, 4) is 0 Å². The van der Waals surface area contributed by atoms with Crippen LogP contribution in [0.4, 0.5) is 5.69 Å². The number of aliphatic hydroxyl groups is 1. The molecule has 4 nitrogen and oxygen atoms in total. The van der Waals surface area contributed by atoms with Crippen LogP contribution in [-0.4, -0.2) is 36.5 Å². The average Bonchev–Trinajstić information content (AvgIpc) is 2.21. The SMILES string of the molecule is COCC(O)CCNc1ccncc1C. The third-order valence-corrected chi connectivity index (χ3v) is 2.17. The number of pyridine rings is 1. The number of nitrogens with one attached hydrogen (secondary N) is 1. The Hall–Kier alpha value is -1.13. The first-order valence-electron chi connectivity index (χ1n) is 5.05. The molecule has 0 bridgehead atoms. The van der Waals surface area contributed by atoms with Gasteiger partial charge in [-0.1, -0.05) is 0 Å². The van der Waals surface area contributed by atoms with Gasteiger partial charge in [0.15, 0.2) is 0 Å². The molecule has 0 saturated heterocycles. The van der Waals surface area contributed by atoms with E-state index in [2.05, 4.69) is 10.3 Å². The summed E-state index contributed by atoms with van der Waals surface area (Å²) in [6, 6.07) is 1.93. The van der Waals surface area contributed by atoms with Gasteiger partial charge in [0.25, 0.3) is 0 Å². The lowest BCUT2D eigenvalue weighted by atomic mass is 10.2. The summed E-state index contributed by atoms with van der Waals surface area (Å²) >= 11 is 0. The van der Waals surface area contributed by atoms with Crippen LogP contribution in [0.1, 0.15) is 12.0 Å². The van der Waals surface area contributed by atoms with E-state index in [-0.39, 0.29) is 0 Å². The third kappa shape index (κ3) is 4.27. The molecule has 0 fully saturated rings. The minimum Gasteiger partial charge on any atom is -0.391 e. The zero-order valence-corrected chi connectivity index (χ0v) is 9.23. The molecule has 84 valence electrons. The fourth-order valence-electron chi connectivity index (χ4n) is 1.32. The second-order valence-electron chi connectivity index (χ2n) is 3.52. The Morgan fingerprint density at radius 2 is 2.40 bits per heavy atom. The Bertz CT molecular complexity index is 292. The van der Waals surface area contributed by atoms with E-state index >= 15 is 0 Å². The zero-order chi connectivity index (χ0) is 11.1. The highest BCUT2D eigenvalue weighted by atomic mass is 16.5. The summed E-state index contributed by atoms with van der Waals surface area (Å²) in [6.07, 6.45) is 3.84. The first-order chi connectivity index (χ1) is 7.24. The highest BCUT2D eigenvalue weighted by Gasteiger charge is 2.03. The summed E-state index contributed by atoms with van der Waals surface area (Å²) in [5.41, 5.74) is 2.17. The van der Waals surface area contributed by atoms with Crippen LogP contribution in [-0.2, 0) is 4.74 Å². The number of aliphatic hydroxyl groups excluding tert-OH is 1. The largest absolute Gasteiger partial charge is 0.391 e. The first-order valence-corrected chi connectivity index (χ1v) is 5.05. The summed E-state index contributed by atoms with van der Waals surface area (Å²) in [5.74, 6) is 0. The van der Waals surface area contributed by atoms with Gasteiger partial charge in [0.2, 0.25) is 0 Å². The van der Waals surface area contributed by atoms with Gasteiger partial charge in [-0.3, -0.25) is 4.98 Å². The number of hydrogen-bond donors (Lipinski definition) is 2. The van der Waals surface area contributed by atoms with Crippen LogP contribution in [0.2, 0.25) is 0 Å². The number of ether oxygens (including phenoxy) is 1. The van der Waals surface area contributed by atoms with Crippen molar-refractivity contribution in [1.29, 1.82) is 0 Å². The lowest BCUT2D eigenvalue weighted by Gasteiger charge is -2.12. The van der Waals surface area contributed by atoms with Gasteiger partial charge in [-0.05, 0) is 25.0 Å². The molecular formula is C11H18N2O2. The monoisotopic (exact) mass is 210 g/mol. The second-order valence-corrected chi connectivity index (χ2v) is 3.52. The molecule has 1 unspecified atom stereocenters. The van der Waals surface area contributed by atoms with Gasteiger partial charge in [-0.2, -0.15) is 0 Å². The normalized spacial score (nSPS) is 12.5. The van der Waals surface area contributed by atoms with Crippen LogP contribution in [0, 0.1) is 6.92 Å². The molecule has 0 aliphatic carbocycles. The number of aryl methyl sites for hydroxylation is 1. The molecule has 4 heteroatoms. The molecule has 1 atom stereocenters. The summed E-state index contributed by atoms with van der Waals surface area (Å²) < 4.78 is 4.84. The molecule has 1 aromatic heterocycles. The highest BCUT2D eigenvalue weighted by Crippen LogP contribution is 2.11. The smallest absolute Gasteiger partial charge is 0.0790 e. The fraction of sp³-hybridized carbons (Fsp3) is 0.545. The van der Waals surface area contributed by atoms with Crippen molar-refractivity contribution in [2.75, 3.05) is 25.6 Å². The Morgan fingerprint density at radius 1 is 1.60 bits per heavy atom. The fourth-order valence-corrected chi connectivity index (χ4v) is 1.32. The van der Waals surface area contributed by atoms with Gasteiger partial charge in [0.1, 0.15) is 0 Å². The van der Waals surface area contributed by atoms with Gasteiger partial charge >= 0.3 is 0 Å². The van der Waals surface area contributed by atoms with Crippen LogP contribution in [0.25, 0.3) is 0 Å². The second kappa shape index (κ2) is 6.37. The van der Waals surface area contributed by atoms with Crippen molar-refractivity contribution < 1.29 is 9.84 Å². The van der Waals surface area contributed by atoms with Crippen molar-refractivity contribution in [2.45, 2.75) is 19.4 Å². The van der Waals surface area contributed by atoms with Crippen molar-refractivity contribution in [3.05, 3.63) is 24.0 Å². The van der Waals surface area contributed by atoms with E-state index in [0.29, 0.717) is 13.0 Å². The molecule has 0 aliphatic heterocycles. The van der Waals surface area contributed by atoms with E-state index in [1.54, 1.807) is 13.3 Å². The van der Waals surface area contributed by atoms with Crippen LogP contribution >= 0.6 is 0 Å². The topological polar surface area (TPSA) is 54.4 Å². The zero-order valence-electron chi connectivity index (χ0n) is 9.23. The Morgan fingerprint density at radius 3 is 3.07 bits per heavy atom. The van der Waals surface area contributed by atoms with E-state index in [9.17, 15) is 5.11 Å². The number of anilines is 1. The summed E-state index contributed by atoms with van der Waals surface area (Å²) in [6.45, 7) is 3.12. The molecule has 0 radical (unpaired) electrons. The Balaban J connectivity index is 2.29. The lowest BCUT2D eigenvalue weighted by Crippen LogP contribution is -2.18. The summed E-state index contributed by atoms with van der Waals surface area (Å²) in [7, 11) is 1.59. The summed E-state index contributed by atoms with van der Waals surface area (Å²) in [4.78, 5) is 4.01.